The van der Waals surface area contributed by atoms with E-state index in [1.54, 1.807) is 4.68 Å². The average Bonchev–Trinajstić information content (AvgIpc) is 2.53. The topological polar surface area (TPSA) is 67.2 Å². The normalized spacial score (nSPS) is 12.5. The van der Waals surface area contributed by atoms with Gasteiger partial charge < -0.3 is 10.4 Å². The predicted molar refractivity (Wildman–Crippen MR) is 70.1 cm³/mol. The Balaban J connectivity index is 2.65. The van der Waals surface area contributed by atoms with Gasteiger partial charge in [-0.3, -0.25) is 9.48 Å². The summed E-state index contributed by atoms with van der Waals surface area (Å²) in [6.45, 7) is 7.98. The highest BCUT2D eigenvalue weighted by molar-refractivity contribution is 5.76. The number of aliphatic hydroxyl groups excluding tert-OH is 1. The number of amides is 1. The van der Waals surface area contributed by atoms with Crippen molar-refractivity contribution in [1.82, 2.24) is 15.1 Å². The van der Waals surface area contributed by atoms with Gasteiger partial charge in [0.25, 0.3) is 0 Å². The van der Waals surface area contributed by atoms with E-state index in [1.807, 2.05) is 20.8 Å². The molecule has 18 heavy (non-hydrogen) atoms. The van der Waals surface area contributed by atoms with Crippen LogP contribution in [0.1, 0.15) is 43.6 Å². The van der Waals surface area contributed by atoms with E-state index in [4.69, 9.17) is 0 Å². The Morgan fingerprint density at radius 1 is 1.50 bits per heavy atom. The molecule has 0 spiro atoms. The maximum absolute atomic E-state index is 11.8. The minimum absolute atomic E-state index is 0.0361. The molecular weight excluding hydrogens is 230 g/mol. The number of hydrogen-bond acceptors (Lipinski definition) is 3. The second kappa shape index (κ2) is 6.54. The molecule has 0 saturated carbocycles. The van der Waals surface area contributed by atoms with Gasteiger partial charge >= 0.3 is 0 Å². The predicted octanol–water partition coefficient (Wildman–Crippen LogP) is 1.30. The highest BCUT2D eigenvalue weighted by Crippen LogP contribution is 2.12. The monoisotopic (exact) mass is 253 g/mol. The molecule has 1 heterocycles. The van der Waals surface area contributed by atoms with Crippen molar-refractivity contribution in [2.45, 2.75) is 59.7 Å². The summed E-state index contributed by atoms with van der Waals surface area (Å²) in [5, 5.41) is 16.4. The molecular formula is C13H23N3O2. The summed E-state index contributed by atoms with van der Waals surface area (Å²) >= 11 is 0. The first kappa shape index (κ1) is 14.7. The molecule has 102 valence electrons. The van der Waals surface area contributed by atoms with Gasteiger partial charge in [-0.1, -0.05) is 13.3 Å². The number of nitrogens with one attached hydrogen (secondary N) is 1. The van der Waals surface area contributed by atoms with Crippen LogP contribution in [0.15, 0.2) is 0 Å². The van der Waals surface area contributed by atoms with Crippen LogP contribution in [0.2, 0.25) is 0 Å². The van der Waals surface area contributed by atoms with Gasteiger partial charge in [-0.25, -0.2) is 0 Å². The molecule has 5 nitrogen and oxygen atoms in total. The van der Waals surface area contributed by atoms with Crippen LogP contribution in [0.5, 0.6) is 0 Å². The number of carbonyl (C=O) groups is 1. The summed E-state index contributed by atoms with van der Waals surface area (Å²) in [7, 11) is 0. The minimum atomic E-state index is -0.0362. The van der Waals surface area contributed by atoms with Gasteiger partial charge in [0.1, 0.15) is 6.54 Å². The van der Waals surface area contributed by atoms with E-state index in [0.29, 0.717) is 0 Å². The molecule has 0 aliphatic heterocycles. The molecule has 1 unspecified atom stereocenters. The molecule has 1 aromatic rings. The third-order valence-electron chi connectivity index (χ3n) is 3.11. The largest absolute Gasteiger partial charge is 0.392 e. The molecule has 5 heteroatoms. The maximum Gasteiger partial charge on any atom is 0.241 e. The third-order valence-corrected chi connectivity index (χ3v) is 3.11. The van der Waals surface area contributed by atoms with Crippen molar-refractivity contribution in [2.75, 3.05) is 0 Å². The lowest BCUT2D eigenvalue weighted by molar-refractivity contribution is -0.122. The van der Waals surface area contributed by atoms with Gasteiger partial charge in [-0.2, -0.15) is 5.10 Å². The molecule has 2 N–H and O–H groups in total. The number of rotatable bonds is 6. The Bertz CT molecular complexity index is 413. The Labute approximate surface area is 108 Å². The summed E-state index contributed by atoms with van der Waals surface area (Å²) in [6.07, 6.45) is 2.03. The van der Waals surface area contributed by atoms with Gasteiger partial charge in [0.05, 0.1) is 12.3 Å². The standard InChI is InChI=1S/C13H23N3O2/c1-5-6-9(2)14-13(18)7-16-11(4)12(8-17)10(3)15-16/h9,17H,5-8H2,1-4H3,(H,14,18). The molecule has 0 bridgehead atoms. The van der Waals surface area contributed by atoms with Crippen molar-refractivity contribution in [3.8, 4) is 0 Å². The van der Waals surface area contributed by atoms with E-state index >= 15 is 0 Å². The first-order valence-corrected chi connectivity index (χ1v) is 6.42. The van der Waals surface area contributed by atoms with E-state index in [0.717, 1.165) is 29.8 Å². The summed E-state index contributed by atoms with van der Waals surface area (Å²) < 4.78 is 1.65. The van der Waals surface area contributed by atoms with Crippen molar-refractivity contribution in [2.24, 2.45) is 0 Å². The molecule has 0 radical (unpaired) electrons. The number of carbonyl (C=O) groups excluding carboxylic acids is 1. The lowest BCUT2D eigenvalue weighted by Crippen LogP contribution is -2.35. The SMILES string of the molecule is CCCC(C)NC(=O)Cn1nc(C)c(CO)c1C. The highest BCUT2D eigenvalue weighted by Gasteiger charge is 2.13. The average molecular weight is 253 g/mol. The van der Waals surface area contributed by atoms with E-state index in [-0.39, 0.29) is 25.1 Å². The summed E-state index contributed by atoms with van der Waals surface area (Å²) in [4.78, 5) is 11.8. The van der Waals surface area contributed by atoms with Crippen LogP contribution in [-0.4, -0.2) is 26.8 Å². The number of aryl methyl sites for hydroxylation is 1. The lowest BCUT2D eigenvalue weighted by atomic mass is 10.2. The van der Waals surface area contributed by atoms with Crippen LogP contribution in [0.3, 0.4) is 0 Å². The molecule has 0 saturated heterocycles. The number of nitrogens with zero attached hydrogens (tertiary/aromatic N) is 2. The summed E-state index contributed by atoms with van der Waals surface area (Å²) in [5.41, 5.74) is 2.45. The number of aliphatic hydroxyl groups is 1. The molecule has 0 fully saturated rings. The van der Waals surface area contributed by atoms with Crippen LogP contribution in [0.25, 0.3) is 0 Å². The molecule has 1 atom stereocenters. The number of hydrogen-bond donors (Lipinski definition) is 2. The molecule has 1 rings (SSSR count). The van der Waals surface area contributed by atoms with Crippen molar-refractivity contribution < 1.29 is 9.90 Å². The second-order valence-electron chi connectivity index (χ2n) is 4.72. The minimum Gasteiger partial charge on any atom is -0.392 e. The first-order chi connectivity index (χ1) is 8.49. The fraction of sp³-hybridized carbons (Fsp3) is 0.692. The quantitative estimate of drug-likeness (QED) is 0.803. The molecule has 1 amide bonds. The van der Waals surface area contributed by atoms with Crippen molar-refractivity contribution in [3.63, 3.8) is 0 Å². The molecule has 0 aliphatic rings. The Kier molecular flexibility index (Phi) is 5.34. The van der Waals surface area contributed by atoms with Gasteiger partial charge in [-0.15, -0.1) is 0 Å². The third kappa shape index (κ3) is 3.57. The van der Waals surface area contributed by atoms with Crippen LogP contribution in [0.4, 0.5) is 0 Å². The van der Waals surface area contributed by atoms with E-state index in [2.05, 4.69) is 17.3 Å². The van der Waals surface area contributed by atoms with Crippen molar-refractivity contribution >= 4 is 5.91 Å². The van der Waals surface area contributed by atoms with Crippen LogP contribution in [0, 0.1) is 13.8 Å². The summed E-state index contributed by atoms with van der Waals surface area (Å²) in [6, 6.07) is 0.191. The second-order valence-corrected chi connectivity index (χ2v) is 4.72. The van der Waals surface area contributed by atoms with Crippen LogP contribution < -0.4 is 5.32 Å². The van der Waals surface area contributed by atoms with Gasteiger partial charge in [0.2, 0.25) is 5.91 Å². The first-order valence-electron chi connectivity index (χ1n) is 6.42. The molecule has 1 aromatic heterocycles. The molecule has 0 aliphatic carbocycles. The van der Waals surface area contributed by atoms with Crippen molar-refractivity contribution in [1.29, 1.82) is 0 Å². The zero-order valence-corrected chi connectivity index (χ0v) is 11.7. The van der Waals surface area contributed by atoms with E-state index < -0.39 is 0 Å². The van der Waals surface area contributed by atoms with Crippen LogP contribution in [-0.2, 0) is 17.9 Å². The highest BCUT2D eigenvalue weighted by atomic mass is 16.3. The Hall–Kier alpha value is -1.36. The van der Waals surface area contributed by atoms with E-state index in [9.17, 15) is 9.90 Å². The van der Waals surface area contributed by atoms with Crippen molar-refractivity contribution in [3.05, 3.63) is 17.0 Å². The number of aromatic nitrogens is 2. The van der Waals surface area contributed by atoms with Gasteiger partial charge in [0, 0.05) is 17.3 Å². The fourth-order valence-corrected chi connectivity index (χ4v) is 2.08. The summed E-state index contributed by atoms with van der Waals surface area (Å²) in [5.74, 6) is -0.0361. The lowest BCUT2D eigenvalue weighted by Gasteiger charge is -2.13. The van der Waals surface area contributed by atoms with Gasteiger partial charge in [-0.05, 0) is 27.2 Å². The maximum atomic E-state index is 11.8. The molecule has 0 aromatic carbocycles. The van der Waals surface area contributed by atoms with E-state index in [1.165, 1.54) is 0 Å². The zero-order valence-electron chi connectivity index (χ0n) is 11.7. The smallest absolute Gasteiger partial charge is 0.241 e. The van der Waals surface area contributed by atoms with Gasteiger partial charge in [0.15, 0.2) is 0 Å². The zero-order chi connectivity index (χ0) is 13.7. The fourth-order valence-electron chi connectivity index (χ4n) is 2.08. The Morgan fingerprint density at radius 2 is 2.17 bits per heavy atom. The van der Waals surface area contributed by atoms with Crippen LogP contribution >= 0.6 is 0 Å². The Morgan fingerprint density at radius 3 is 2.67 bits per heavy atom.